The van der Waals surface area contributed by atoms with E-state index in [4.69, 9.17) is 0 Å². The molecule has 31 heavy (non-hydrogen) atoms. The van der Waals surface area contributed by atoms with E-state index in [1.165, 1.54) is 0 Å². The molecule has 0 aromatic heterocycles. The standard InChI is InChI=1S/C27H19N3O/c28-17-23-25(20-10-3-1-4-11-20)27(18-29,26(31)21-12-5-2-6-13-21)24-16-15-19-9-7-8-14-22(19)30(23)24/h1-16,23-25H/t23-,24+,25+,27-/m1/s1. The molecule has 0 saturated carbocycles. The molecule has 1 saturated heterocycles. The molecular formula is C27H19N3O. The van der Waals surface area contributed by atoms with Gasteiger partial charge in [-0.2, -0.15) is 10.5 Å². The third-order valence-corrected chi connectivity index (χ3v) is 6.43. The van der Waals surface area contributed by atoms with Crippen molar-refractivity contribution in [2.24, 2.45) is 5.41 Å². The van der Waals surface area contributed by atoms with E-state index in [9.17, 15) is 15.3 Å². The zero-order valence-corrected chi connectivity index (χ0v) is 16.7. The van der Waals surface area contributed by atoms with Crippen LogP contribution in [0.4, 0.5) is 5.69 Å². The lowest BCUT2D eigenvalue weighted by Crippen LogP contribution is -2.45. The van der Waals surface area contributed by atoms with Crippen molar-refractivity contribution >= 4 is 17.5 Å². The molecule has 0 N–H and O–H groups in total. The topological polar surface area (TPSA) is 67.9 Å². The van der Waals surface area contributed by atoms with Crippen molar-refractivity contribution in [3.05, 3.63) is 108 Å². The monoisotopic (exact) mass is 401 g/mol. The number of carbonyl (C=O) groups excluding carboxylic acids is 1. The van der Waals surface area contributed by atoms with Gasteiger partial charge in [-0.1, -0.05) is 91.0 Å². The molecule has 0 radical (unpaired) electrons. The smallest absolute Gasteiger partial charge is 0.186 e. The second-order valence-electron chi connectivity index (χ2n) is 7.91. The number of fused-ring (bicyclic) bond motifs is 3. The summed E-state index contributed by atoms with van der Waals surface area (Å²) in [7, 11) is 0. The Morgan fingerprint density at radius 1 is 0.871 bits per heavy atom. The molecule has 0 bridgehead atoms. The first-order valence-corrected chi connectivity index (χ1v) is 10.2. The van der Waals surface area contributed by atoms with Crippen LogP contribution >= 0.6 is 0 Å². The van der Waals surface area contributed by atoms with Crippen LogP contribution in [-0.4, -0.2) is 17.9 Å². The van der Waals surface area contributed by atoms with Gasteiger partial charge in [0.2, 0.25) is 0 Å². The highest BCUT2D eigenvalue weighted by atomic mass is 16.1. The van der Waals surface area contributed by atoms with Gasteiger partial charge in [0.05, 0.1) is 18.2 Å². The van der Waals surface area contributed by atoms with Crippen molar-refractivity contribution in [1.29, 1.82) is 10.5 Å². The molecular weight excluding hydrogens is 382 g/mol. The molecule has 3 aromatic rings. The molecule has 4 atom stereocenters. The second-order valence-corrected chi connectivity index (χ2v) is 7.91. The number of rotatable bonds is 3. The quantitative estimate of drug-likeness (QED) is 0.581. The lowest BCUT2D eigenvalue weighted by Gasteiger charge is -2.35. The van der Waals surface area contributed by atoms with Gasteiger partial charge in [-0.05, 0) is 17.2 Å². The van der Waals surface area contributed by atoms with Gasteiger partial charge in [-0.3, -0.25) is 4.79 Å². The molecule has 0 unspecified atom stereocenters. The Bertz CT molecular complexity index is 1250. The number of nitriles is 2. The number of ketones is 1. The van der Waals surface area contributed by atoms with Crippen LogP contribution in [0.5, 0.6) is 0 Å². The second kappa shape index (κ2) is 7.27. The third kappa shape index (κ3) is 2.62. The SMILES string of the molecule is N#C[C@@H]1[C@H](c2ccccc2)[C@](C#N)(C(=O)c2ccccc2)[C@@H]2C=Cc3ccccc3N12. The predicted octanol–water partition coefficient (Wildman–Crippen LogP) is 4.97. The predicted molar refractivity (Wildman–Crippen MR) is 119 cm³/mol. The van der Waals surface area contributed by atoms with Gasteiger partial charge in [0.15, 0.2) is 11.2 Å². The highest BCUT2D eigenvalue weighted by Crippen LogP contribution is 2.56. The summed E-state index contributed by atoms with van der Waals surface area (Å²) in [6.07, 6.45) is 3.88. The maximum absolute atomic E-state index is 14.0. The van der Waals surface area contributed by atoms with Crippen LogP contribution in [-0.2, 0) is 0 Å². The first kappa shape index (κ1) is 18.9. The van der Waals surface area contributed by atoms with Crippen LogP contribution < -0.4 is 4.90 Å². The number of carbonyl (C=O) groups is 1. The molecule has 2 aliphatic heterocycles. The molecule has 3 aromatic carbocycles. The summed E-state index contributed by atoms with van der Waals surface area (Å²) >= 11 is 0. The van der Waals surface area contributed by atoms with Crippen LogP contribution in [0.25, 0.3) is 6.08 Å². The van der Waals surface area contributed by atoms with Crippen molar-refractivity contribution in [2.45, 2.75) is 18.0 Å². The number of benzene rings is 3. The average Bonchev–Trinajstić information content (AvgIpc) is 3.15. The van der Waals surface area contributed by atoms with Crippen molar-refractivity contribution in [2.75, 3.05) is 4.90 Å². The number of hydrogen-bond acceptors (Lipinski definition) is 4. The highest BCUT2D eigenvalue weighted by Gasteiger charge is 2.64. The van der Waals surface area contributed by atoms with E-state index in [1.54, 1.807) is 24.3 Å². The van der Waals surface area contributed by atoms with E-state index in [0.717, 1.165) is 16.8 Å². The normalized spacial score (nSPS) is 25.7. The van der Waals surface area contributed by atoms with Gasteiger partial charge in [0.1, 0.15) is 6.04 Å². The number of para-hydroxylation sites is 1. The summed E-state index contributed by atoms with van der Waals surface area (Å²) in [6, 6.07) is 29.9. The first-order valence-electron chi connectivity index (χ1n) is 10.2. The molecule has 1 fully saturated rings. The lowest BCUT2D eigenvalue weighted by molar-refractivity contribution is 0.0842. The molecule has 0 spiro atoms. The molecule has 5 rings (SSSR count). The summed E-state index contributed by atoms with van der Waals surface area (Å²) in [4.78, 5) is 16.0. The van der Waals surface area contributed by atoms with E-state index < -0.39 is 23.4 Å². The molecule has 4 nitrogen and oxygen atoms in total. The Labute approximate surface area is 181 Å². The van der Waals surface area contributed by atoms with Crippen LogP contribution in [0.2, 0.25) is 0 Å². The van der Waals surface area contributed by atoms with E-state index in [-0.39, 0.29) is 5.78 Å². The molecule has 0 amide bonds. The number of anilines is 1. The van der Waals surface area contributed by atoms with Gasteiger partial charge in [0, 0.05) is 17.2 Å². The Hall–Kier alpha value is -4.15. The van der Waals surface area contributed by atoms with Crippen LogP contribution in [0.1, 0.15) is 27.4 Å². The molecule has 2 aliphatic rings. The Kier molecular flexibility index (Phi) is 4.42. The first-order chi connectivity index (χ1) is 15.2. The van der Waals surface area contributed by atoms with Gasteiger partial charge in [-0.15, -0.1) is 0 Å². The van der Waals surface area contributed by atoms with E-state index in [1.807, 2.05) is 77.7 Å². The highest BCUT2D eigenvalue weighted by molar-refractivity contribution is 6.05. The van der Waals surface area contributed by atoms with Crippen LogP contribution in [0.3, 0.4) is 0 Å². The van der Waals surface area contributed by atoms with Crippen molar-refractivity contribution in [3.8, 4) is 12.1 Å². The summed E-state index contributed by atoms with van der Waals surface area (Å²) in [5, 5.41) is 20.9. The van der Waals surface area contributed by atoms with E-state index >= 15 is 0 Å². The van der Waals surface area contributed by atoms with Crippen molar-refractivity contribution in [1.82, 2.24) is 0 Å². The van der Waals surface area contributed by atoms with E-state index in [2.05, 4.69) is 12.1 Å². The zero-order chi connectivity index (χ0) is 21.4. The summed E-state index contributed by atoms with van der Waals surface area (Å²) in [5.41, 5.74) is 1.72. The minimum Gasteiger partial charge on any atom is -0.346 e. The van der Waals surface area contributed by atoms with Crippen LogP contribution in [0, 0.1) is 28.1 Å². The third-order valence-electron chi connectivity index (χ3n) is 6.43. The van der Waals surface area contributed by atoms with Crippen LogP contribution in [0.15, 0.2) is 91.0 Å². The Balaban J connectivity index is 1.80. The molecule has 2 heterocycles. The Morgan fingerprint density at radius 2 is 1.52 bits per heavy atom. The van der Waals surface area contributed by atoms with E-state index in [0.29, 0.717) is 5.56 Å². The summed E-state index contributed by atoms with van der Waals surface area (Å²) < 4.78 is 0. The minimum atomic E-state index is -1.44. The fourth-order valence-corrected chi connectivity index (χ4v) is 5.12. The maximum Gasteiger partial charge on any atom is 0.186 e. The average molecular weight is 401 g/mol. The summed E-state index contributed by atoms with van der Waals surface area (Å²) in [6.45, 7) is 0. The zero-order valence-electron chi connectivity index (χ0n) is 16.7. The van der Waals surface area contributed by atoms with Crippen molar-refractivity contribution in [3.63, 3.8) is 0 Å². The van der Waals surface area contributed by atoms with Gasteiger partial charge in [0.25, 0.3) is 0 Å². The fraction of sp³-hybridized carbons (Fsp3) is 0.148. The Morgan fingerprint density at radius 3 is 2.19 bits per heavy atom. The largest absolute Gasteiger partial charge is 0.346 e. The van der Waals surface area contributed by atoms with Gasteiger partial charge in [-0.25, -0.2) is 0 Å². The molecule has 148 valence electrons. The molecule has 4 heteroatoms. The van der Waals surface area contributed by atoms with Crippen molar-refractivity contribution < 1.29 is 4.79 Å². The lowest BCUT2D eigenvalue weighted by atomic mass is 9.65. The number of hydrogen-bond donors (Lipinski definition) is 0. The molecule has 0 aliphatic carbocycles. The van der Waals surface area contributed by atoms with Gasteiger partial charge < -0.3 is 4.90 Å². The number of nitrogens with zero attached hydrogens (tertiary/aromatic N) is 3. The number of Topliss-reactive ketones (excluding diaryl/α,β-unsaturated/α-hetero) is 1. The summed E-state index contributed by atoms with van der Waals surface area (Å²) in [5.74, 6) is -0.849. The minimum absolute atomic E-state index is 0.249. The maximum atomic E-state index is 14.0. The van der Waals surface area contributed by atoms with Gasteiger partial charge >= 0.3 is 0 Å². The fourth-order valence-electron chi connectivity index (χ4n) is 5.12.